The summed E-state index contributed by atoms with van der Waals surface area (Å²) >= 11 is 2.69. The molecule has 0 saturated carbocycles. The van der Waals surface area contributed by atoms with Crippen molar-refractivity contribution in [1.82, 2.24) is 0 Å². The van der Waals surface area contributed by atoms with Gasteiger partial charge in [0.05, 0.1) is 0 Å². The van der Waals surface area contributed by atoms with Crippen molar-refractivity contribution in [2.24, 2.45) is 0 Å². The van der Waals surface area contributed by atoms with Crippen LogP contribution in [0.2, 0.25) is 0 Å². The van der Waals surface area contributed by atoms with E-state index < -0.39 is 0 Å². The van der Waals surface area contributed by atoms with Crippen molar-refractivity contribution < 1.29 is 29.4 Å². The van der Waals surface area contributed by atoms with Crippen LogP contribution in [0.5, 0.6) is 0 Å². The van der Waals surface area contributed by atoms with Crippen molar-refractivity contribution in [1.29, 1.82) is 0 Å². The third-order valence-corrected chi connectivity index (χ3v) is 0.447. The van der Waals surface area contributed by atoms with Crippen LogP contribution in [0, 0.1) is 0 Å². The van der Waals surface area contributed by atoms with E-state index in [4.69, 9.17) is 3.55 Å². The molecule has 0 saturated heterocycles. The summed E-state index contributed by atoms with van der Waals surface area (Å²) in [7, 11) is 0. The Hall–Kier alpha value is 0.269. The molecule has 1 nitrogen and oxygen atoms in total. The van der Waals surface area contributed by atoms with Gasteiger partial charge in [0.2, 0.25) is 0 Å². The molecule has 0 aromatic rings. The van der Waals surface area contributed by atoms with E-state index in [2.05, 4.69) is 21.8 Å². The van der Waals surface area contributed by atoms with Gasteiger partial charge in [-0.2, -0.15) is 13.1 Å². The molecule has 0 aromatic carbocycles. The molecule has 0 aliphatic carbocycles. The van der Waals surface area contributed by atoms with Gasteiger partial charge in [0, 0.05) is 0 Å². The number of halogens is 3. The van der Waals surface area contributed by atoms with Crippen LogP contribution in [-0.2, 0) is 16.5 Å². The minimum atomic E-state index is 0. The van der Waals surface area contributed by atoms with Gasteiger partial charge in [0.15, 0.2) is 0 Å². The molecule has 0 amide bonds. The average Bonchev–Trinajstić information content (AvgIpc) is 1.75. The quantitative estimate of drug-likeness (QED) is 0.395. The Kier molecular flexibility index (Phi) is 104. The van der Waals surface area contributed by atoms with E-state index in [0.717, 1.165) is 13.1 Å². The fourth-order valence-corrected chi connectivity index (χ4v) is 0.224. The van der Waals surface area contributed by atoms with E-state index in [1.807, 2.05) is 13.8 Å². The maximum absolute atomic E-state index is 9.06. The first-order valence-corrected chi connectivity index (χ1v) is 2.52. The Labute approximate surface area is 62.4 Å². The topological polar surface area (TPSA) is 14.1 Å². The van der Waals surface area contributed by atoms with Gasteiger partial charge in [-0.1, -0.05) is 13.8 Å². The van der Waals surface area contributed by atoms with Crippen molar-refractivity contribution in [3.05, 3.63) is 5.32 Å². The normalized spacial score (nSPS) is 5.44. The Balaban J connectivity index is -0.0000000286. The number of hydrogen-bond donors (Lipinski definition) is 0. The second-order valence-corrected chi connectivity index (χ2v) is 0.856. The van der Waals surface area contributed by atoms with Gasteiger partial charge >= 0.3 is 20.0 Å². The third kappa shape index (κ3) is 63.1. The van der Waals surface area contributed by atoms with Crippen molar-refractivity contribution in [3.8, 4) is 0 Å². The van der Waals surface area contributed by atoms with E-state index >= 15 is 0 Å². The predicted molar refractivity (Wildman–Crippen MR) is 25.5 cm³/mol. The summed E-state index contributed by atoms with van der Waals surface area (Å²) in [5.41, 5.74) is 0. The Morgan fingerprint density at radius 3 is 1.33 bits per heavy atom. The standard InChI is InChI=1S/C4H10N.Cu.3FH/c1-3-5-4-2;;;;/h3-4H2,1-2H3;;3*1H/q-1;+1;;;/p-3. The fraction of sp³-hybridized carbons (Fsp3) is 1.00. The molecule has 0 bridgehead atoms. The summed E-state index contributed by atoms with van der Waals surface area (Å²) < 4.78 is 9.06. The number of nitrogens with zero attached hydrogens (tertiary/aromatic N) is 1. The van der Waals surface area contributed by atoms with Crippen LogP contribution in [0.1, 0.15) is 13.8 Å². The first kappa shape index (κ1) is 22.8. The zero-order valence-electron chi connectivity index (χ0n) is 5.30. The van der Waals surface area contributed by atoms with Gasteiger partial charge in [-0.15, -0.1) is 0 Å². The summed E-state index contributed by atoms with van der Waals surface area (Å²) in [6, 6.07) is 0. The molecule has 0 atom stereocenters. The van der Waals surface area contributed by atoms with Gasteiger partial charge in [-0.05, 0) is 0 Å². The van der Waals surface area contributed by atoms with E-state index in [1.165, 1.54) is 0 Å². The van der Waals surface area contributed by atoms with Gasteiger partial charge in [-0.3, -0.25) is 0 Å². The predicted octanol–water partition coefficient (Wildman–Crippen LogP) is -4.17. The number of rotatable bonds is 2. The summed E-state index contributed by atoms with van der Waals surface area (Å²) in [4.78, 5) is 0. The third-order valence-electron chi connectivity index (χ3n) is 0.447. The summed E-state index contributed by atoms with van der Waals surface area (Å²) in [5.74, 6) is 0. The van der Waals surface area contributed by atoms with E-state index in [0.29, 0.717) is 0 Å². The summed E-state index contributed by atoms with van der Waals surface area (Å²) in [6.45, 7) is 6.03. The maximum atomic E-state index is 9.06. The van der Waals surface area contributed by atoms with Crippen LogP contribution in [0.3, 0.4) is 0 Å². The van der Waals surface area contributed by atoms with Crippen LogP contribution in [-0.4, -0.2) is 13.1 Å². The zero-order chi connectivity index (χ0) is 6.12. The van der Waals surface area contributed by atoms with Gasteiger partial charge in [0.25, 0.3) is 0 Å². The SMILES string of the molecule is CC[N-]CC.[F-].[F-].[F][Cu]. The van der Waals surface area contributed by atoms with Crippen molar-refractivity contribution in [3.63, 3.8) is 0 Å². The first-order valence-electron chi connectivity index (χ1n) is 2.16. The van der Waals surface area contributed by atoms with Crippen LogP contribution >= 0.6 is 0 Å². The molecular formula is C4H10CuF3N-3. The molecule has 9 heavy (non-hydrogen) atoms. The summed E-state index contributed by atoms with van der Waals surface area (Å²) in [6.07, 6.45) is 0. The van der Waals surface area contributed by atoms with Gasteiger partial charge in [-0.25, -0.2) is 0 Å². The molecule has 0 radical (unpaired) electrons. The first-order chi connectivity index (χ1) is 3.41. The molecule has 66 valence electrons. The molecule has 0 heterocycles. The number of hydrogen-bond acceptors (Lipinski definition) is 0. The molecule has 0 unspecified atom stereocenters. The van der Waals surface area contributed by atoms with Crippen LogP contribution in [0.4, 0.5) is 3.55 Å². The monoisotopic (exact) mass is 192 g/mol. The molecule has 0 fully saturated rings. The molecule has 0 rings (SSSR count). The molecule has 0 N–H and O–H groups in total. The molecule has 0 aliphatic rings. The molecule has 5 heteroatoms. The second-order valence-electron chi connectivity index (χ2n) is 0.856. The van der Waals surface area contributed by atoms with E-state index in [9.17, 15) is 0 Å². The molecule has 0 spiro atoms. The Bertz CT molecular complexity index is 23.3. The van der Waals surface area contributed by atoms with Crippen molar-refractivity contribution in [2.45, 2.75) is 13.8 Å². The Morgan fingerprint density at radius 2 is 1.33 bits per heavy atom. The minimum absolute atomic E-state index is 0. The van der Waals surface area contributed by atoms with E-state index in [-0.39, 0.29) is 9.41 Å². The average molecular weight is 193 g/mol. The zero-order valence-corrected chi connectivity index (χ0v) is 6.24. The van der Waals surface area contributed by atoms with Gasteiger partial charge < -0.3 is 14.7 Å². The fourth-order valence-electron chi connectivity index (χ4n) is 0.224. The van der Waals surface area contributed by atoms with Crippen LogP contribution in [0.25, 0.3) is 5.32 Å². The van der Waals surface area contributed by atoms with E-state index in [1.54, 1.807) is 0 Å². The second kappa shape index (κ2) is 40.9. The van der Waals surface area contributed by atoms with Crippen molar-refractivity contribution in [2.75, 3.05) is 13.1 Å². The molecule has 0 aliphatic heterocycles. The van der Waals surface area contributed by atoms with Crippen molar-refractivity contribution >= 4 is 0 Å². The molecule has 0 aromatic heterocycles. The van der Waals surface area contributed by atoms with Gasteiger partial charge in [0.1, 0.15) is 0 Å². The Morgan fingerprint density at radius 1 is 1.11 bits per heavy atom. The van der Waals surface area contributed by atoms with Crippen LogP contribution in [0.15, 0.2) is 0 Å². The van der Waals surface area contributed by atoms with Crippen LogP contribution < -0.4 is 9.41 Å². The molecular weight excluding hydrogens is 183 g/mol. The summed E-state index contributed by atoms with van der Waals surface area (Å²) in [5, 5.41) is 3.97.